The summed E-state index contributed by atoms with van der Waals surface area (Å²) in [5.41, 5.74) is 2.60. The molecule has 2 heterocycles. The Kier molecular flexibility index (Phi) is 5.46. The van der Waals surface area contributed by atoms with Gasteiger partial charge in [0.1, 0.15) is 0 Å². The number of carbonyl (C=O) groups is 1. The van der Waals surface area contributed by atoms with Gasteiger partial charge in [-0.05, 0) is 56.4 Å². The molecule has 2 N–H and O–H groups in total. The molecule has 0 aromatic heterocycles. The maximum absolute atomic E-state index is 12.1. The Morgan fingerprint density at radius 1 is 1.18 bits per heavy atom. The minimum Gasteiger partial charge on any atom is -0.352 e. The van der Waals surface area contributed by atoms with E-state index in [1.807, 2.05) is 0 Å². The van der Waals surface area contributed by atoms with Gasteiger partial charge in [0.05, 0.1) is 0 Å². The Morgan fingerprint density at radius 3 is 2.68 bits per heavy atom. The molecule has 3 rings (SSSR count). The van der Waals surface area contributed by atoms with E-state index in [1.165, 1.54) is 43.5 Å². The summed E-state index contributed by atoms with van der Waals surface area (Å²) in [6.07, 6.45) is 5.55. The van der Waals surface area contributed by atoms with Crippen molar-refractivity contribution in [1.82, 2.24) is 15.5 Å². The molecule has 1 atom stereocenters. The highest BCUT2D eigenvalue weighted by Gasteiger charge is 2.18. The normalized spacial score (nSPS) is 22.1. The topological polar surface area (TPSA) is 44.4 Å². The van der Waals surface area contributed by atoms with Crippen molar-refractivity contribution in [3.05, 3.63) is 35.4 Å². The van der Waals surface area contributed by atoms with E-state index in [0.29, 0.717) is 19.0 Å². The minimum atomic E-state index is 0.162. The number of carbonyl (C=O) groups excluding carboxylic acids is 1. The average Bonchev–Trinajstić information content (AvgIpc) is 3.20. The summed E-state index contributed by atoms with van der Waals surface area (Å²) in [4.78, 5) is 14.6. The van der Waals surface area contributed by atoms with Gasteiger partial charge >= 0.3 is 0 Å². The van der Waals surface area contributed by atoms with Gasteiger partial charge in [-0.3, -0.25) is 9.69 Å². The molecule has 0 radical (unpaired) electrons. The number of hydrogen-bond acceptors (Lipinski definition) is 3. The molecule has 22 heavy (non-hydrogen) atoms. The highest BCUT2D eigenvalue weighted by molar-refractivity contribution is 5.76. The molecule has 2 fully saturated rings. The fraction of sp³-hybridized carbons (Fsp3) is 0.611. The molecule has 1 amide bonds. The van der Waals surface area contributed by atoms with E-state index >= 15 is 0 Å². The highest BCUT2D eigenvalue weighted by atomic mass is 16.1. The maximum Gasteiger partial charge on any atom is 0.221 e. The Morgan fingerprint density at radius 2 is 1.95 bits per heavy atom. The predicted octanol–water partition coefficient (Wildman–Crippen LogP) is 2.04. The van der Waals surface area contributed by atoms with Crippen molar-refractivity contribution >= 4 is 5.91 Å². The lowest BCUT2D eigenvalue weighted by atomic mass is 10.1. The molecule has 1 aromatic rings. The van der Waals surface area contributed by atoms with Crippen molar-refractivity contribution in [3.63, 3.8) is 0 Å². The van der Waals surface area contributed by atoms with Crippen molar-refractivity contribution in [2.75, 3.05) is 19.6 Å². The van der Waals surface area contributed by atoms with Gasteiger partial charge in [-0.15, -0.1) is 0 Å². The lowest BCUT2D eigenvalue weighted by molar-refractivity contribution is -0.121. The van der Waals surface area contributed by atoms with E-state index < -0.39 is 0 Å². The van der Waals surface area contributed by atoms with Crippen molar-refractivity contribution in [2.24, 2.45) is 0 Å². The summed E-state index contributed by atoms with van der Waals surface area (Å²) >= 11 is 0. The third-order valence-corrected chi connectivity index (χ3v) is 4.78. The van der Waals surface area contributed by atoms with Crippen LogP contribution in [0.15, 0.2) is 24.3 Å². The van der Waals surface area contributed by atoms with Gasteiger partial charge in [-0.2, -0.15) is 0 Å². The van der Waals surface area contributed by atoms with Gasteiger partial charge in [0, 0.05) is 25.6 Å². The molecule has 2 aliphatic rings. The monoisotopic (exact) mass is 301 g/mol. The lowest BCUT2D eigenvalue weighted by Gasteiger charge is -2.18. The van der Waals surface area contributed by atoms with Gasteiger partial charge in [0.15, 0.2) is 0 Å². The summed E-state index contributed by atoms with van der Waals surface area (Å²) in [5, 5.41) is 6.47. The number of likely N-dealkylation sites (tertiary alicyclic amines) is 1. The van der Waals surface area contributed by atoms with E-state index in [9.17, 15) is 4.79 Å². The molecular formula is C18H27N3O. The summed E-state index contributed by atoms with van der Waals surface area (Å²) in [6, 6.07) is 8.87. The van der Waals surface area contributed by atoms with E-state index in [0.717, 1.165) is 19.5 Å². The molecular weight excluding hydrogens is 274 g/mol. The summed E-state index contributed by atoms with van der Waals surface area (Å²) in [5.74, 6) is 0.162. The van der Waals surface area contributed by atoms with Crippen LogP contribution < -0.4 is 10.6 Å². The maximum atomic E-state index is 12.1. The van der Waals surface area contributed by atoms with Crippen LogP contribution >= 0.6 is 0 Å². The molecule has 0 bridgehead atoms. The first-order chi connectivity index (χ1) is 10.8. The van der Waals surface area contributed by atoms with E-state index in [4.69, 9.17) is 0 Å². The predicted molar refractivity (Wildman–Crippen MR) is 88.4 cm³/mol. The molecule has 4 heteroatoms. The van der Waals surface area contributed by atoms with Gasteiger partial charge in [0.2, 0.25) is 5.91 Å². The first-order valence-electron chi connectivity index (χ1n) is 8.60. The fourth-order valence-electron chi connectivity index (χ4n) is 3.49. The smallest absolute Gasteiger partial charge is 0.221 e. The van der Waals surface area contributed by atoms with Gasteiger partial charge in [0.25, 0.3) is 0 Å². The molecule has 2 aliphatic heterocycles. The van der Waals surface area contributed by atoms with Crippen LogP contribution in [0.3, 0.4) is 0 Å². The Balaban J connectivity index is 1.51. The number of hydrogen-bond donors (Lipinski definition) is 2. The Bertz CT molecular complexity index is 491. The van der Waals surface area contributed by atoms with Crippen LogP contribution in [0.5, 0.6) is 0 Å². The molecule has 2 saturated heterocycles. The summed E-state index contributed by atoms with van der Waals surface area (Å²) in [7, 11) is 0. The average molecular weight is 301 g/mol. The SMILES string of the molecule is O=C(CC1CCCN1)NCc1ccccc1CN1CCCC1. The third-order valence-electron chi connectivity index (χ3n) is 4.78. The van der Waals surface area contributed by atoms with E-state index in [-0.39, 0.29) is 5.91 Å². The third kappa shape index (κ3) is 4.31. The quantitative estimate of drug-likeness (QED) is 0.845. The van der Waals surface area contributed by atoms with Crippen molar-refractivity contribution < 1.29 is 4.79 Å². The molecule has 0 aliphatic carbocycles. The number of nitrogens with zero attached hydrogens (tertiary/aromatic N) is 1. The highest BCUT2D eigenvalue weighted by Crippen LogP contribution is 2.16. The zero-order valence-electron chi connectivity index (χ0n) is 13.3. The molecule has 1 unspecified atom stereocenters. The van der Waals surface area contributed by atoms with Crippen LogP contribution in [0.25, 0.3) is 0 Å². The second kappa shape index (κ2) is 7.75. The Labute approximate surface area is 133 Å². The van der Waals surface area contributed by atoms with Gasteiger partial charge < -0.3 is 10.6 Å². The van der Waals surface area contributed by atoms with Gasteiger partial charge in [-0.1, -0.05) is 24.3 Å². The number of nitrogens with one attached hydrogen (secondary N) is 2. The lowest BCUT2D eigenvalue weighted by Crippen LogP contribution is -2.31. The van der Waals surface area contributed by atoms with E-state index in [2.05, 4.69) is 39.8 Å². The number of benzene rings is 1. The molecule has 1 aromatic carbocycles. The minimum absolute atomic E-state index is 0.162. The van der Waals surface area contributed by atoms with Crippen molar-refractivity contribution in [1.29, 1.82) is 0 Å². The van der Waals surface area contributed by atoms with Crippen LogP contribution in [-0.2, 0) is 17.9 Å². The zero-order chi connectivity index (χ0) is 15.2. The fourth-order valence-corrected chi connectivity index (χ4v) is 3.49. The van der Waals surface area contributed by atoms with Crippen molar-refractivity contribution in [2.45, 2.75) is 51.2 Å². The summed E-state index contributed by atoms with van der Waals surface area (Å²) in [6.45, 7) is 5.12. The first kappa shape index (κ1) is 15.5. The number of rotatable bonds is 6. The van der Waals surface area contributed by atoms with Crippen molar-refractivity contribution in [3.8, 4) is 0 Å². The molecule has 120 valence electrons. The van der Waals surface area contributed by atoms with Crippen LogP contribution in [0.4, 0.5) is 0 Å². The number of amides is 1. The summed E-state index contributed by atoms with van der Waals surface area (Å²) < 4.78 is 0. The van der Waals surface area contributed by atoms with E-state index in [1.54, 1.807) is 0 Å². The second-order valence-corrected chi connectivity index (χ2v) is 6.53. The van der Waals surface area contributed by atoms with Crippen LogP contribution in [0.2, 0.25) is 0 Å². The van der Waals surface area contributed by atoms with Crippen LogP contribution in [0, 0.1) is 0 Å². The molecule has 0 spiro atoms. The van der Waals surface area contributed by atoms with Crippen LogP contribution in [0.1, 0.15) is 43.2 Å². The molecule has 0 saturated carbocycles. The zero-order valence-corrected chi connectivity index (χ0v) is 13.3. The first-order valence-corrected chi connectivity index (χ1v) is 8.60. The Hall–Kier alpha value is -1.39. The standard InChI is InChI=1S/C18H27N3O/c22-18(12-17-8-5-9-19-17)20-13-15-6-1-2-7-16(15)14-21-10-3-4-11-21/h1-2,6-7,17,19H,3-5,8-14H2,(H,20,22). The van der Waals surface area contributed by atoms with Crippen LogP contribution in [-0.4, -0.2) is 36.5 Å². The molecule has 4 nitrogen and oxygen atoms in total. The van der Waals surface area contributed by atoms with Gasteiger partial charge in [-0.25, -0.2) is 0 Å². The second-order valence-electron chi connectivity index (χ2n) is 6.53. The largest absolute Gasteiger partial charge is 0.352 e.